The molecule has 2 rings (SSSR count). The zero-order chi connectivity index (χ0) is 14.2. The third-order valence-electron chi connectivity index (χ3n) is 4.86. The van der Waals surface area contributed by atoms with Gasteiger partial charge in [-0.15, -0.1) is 11.6 Å². The van der Waals surface area contributed by atoms with Crippen molar-refractivity contribution in [1.29, 1.82) is 0 Å². The maximum atomic E-state index is 13.6. The molecule has 1 aromatic carbocycles. The number of benzene rings is 1. The summed E-state index contributed by atoms with van der Waals surface area (Å²) in [6.07, 6.45) is 3.44. The van der Waals surface area contributed by atoms with Gasteiger partial charge in [0.15, 0.2) is 0 Å². The summed E-state index contributed by atoms with van der Waals surface area (Å²) in [4.78, 5) is 0. The molecule has 0 heterocycles. The summed E-state index contributed by atoms with van der Waals surface area (Å²) in [7, 11) is 0. The number of rotatable bonds is 2. The van der Waals surface area contributed by atoms with Gasteiger partial charge in [0.05, 0.1) is 0 Å². The summed E-state index contributed by atoms with van der Waals surface area (Å²) in [5, 5.41) is 0.196. The Hall–Kier alpha value is -0.560. The zero-order valence-electron chi connectivity index (χ0n) is 12.3. The topological polar surface area (TPSA) is 0 Å². The van der Waals surface area contributed by atoms with Crippen LogP contribution in [0.4, 0.5) is 4.39 Å². The molecule has 0 bridgehead atoms. The van der Waals surface area contributed by atoms with Gasteiger partial charge in [-0.05, 0) is 60.3 Å². The minimum absolute atomic E-state index is 0.0707. The van der Waals surface area contributed by atoms with Crippen LogP contribution in [-0.4, -0.2) is 5.38 Å². The predicted molar refractivity (Wildman–Crippen MR) is 80.3 cm³/mol. The summed E-state index contributed by atoms with van der Waals surface area (Å²) in [5.41, 5.74) is 2.20. The van der Waals surface area contributed by atoms with Gasteiger partial charge in [0, 0.05) is 5.38 Å². The molecule has 106 valence electrons. The van der Waals surface area contributed by atoms with Crippen LogP contribution in [0.15, 0.2) is 18.2 Å². The molecule has 0 aliphatic heterocycles. The molecule has 1 aromatic rings. The first-order chi connectivity index (χ1) is 8.82. The maximum absolute atomic E-state index is 13.6. The quantitative estimate of drug-likeness (QED) is 0.632. The fraction of sp³-hybridized carbons (Fsp3) is 0.647. The van der Waals surface area contributed by atoms with Gasteiger partial charge in [0.25, 0.3) is 0 Å². The van der Waals surface area contributed by atoms with E-state index in [1.807, 2.05) is 6.07 Å². The number of aryl methyl sites for hydroxylation is 1. The normalized spacial score (nSPS) is 28.4. The van der Waals surface area contributed by atoms with Gasteiger partial charge in [-0.2, -0.15) is 0 Å². The van der Waals surface area contributed by atoms with E-state index in [-0.39, 0.29) is 16.6 Å². The molecule has 3 unspecified atom stereocenters. The van der Waals surface area contributed by atoms with Crippen molar-refractivity contribution in [2.45, 2.75) is 57.7 Å². The van der Waals surface area contributed by atoms with Crippen molar-refractivity contribution in [3.8, 4) is 0 Å². The van der Waals surface area contributed by atoms with Crippen molar-refractivity contribution < 1.29 is 4.39 Å². The fourth-order valence-electron chi connectivity index (χ4n) is 3.61. The molecule has 0 amide bonds. The molecule has 0 spiro atoms. The Morgan fingerprint density at radius 3 is 2.58 bits per heavy atom. The van der Waals surface area contributed by atoms with Crippen LogP contribution < -0.4 is 0 Å². The van der Waals surface area contributed by atoms with Crippen molar-refractivity contribution in [3.63, 3.8) is 0 Å². The van der Waals surface area contributed by atoms with E-state index in [9.17, 15) is 4.39 Å². The predicted octanol–water partition coefficient (Wildman–Crippen LogP) is 5.46. The molecule has 0 saturated heterocycles. The molecular formula is C17H24ClF. The van der Waals surface area contributed by atoms with E-state index in [1.54, 1.807) is 6.07 Å². The fourth-order valence-corrected chi connectivity index (χ4v) is 4.36. The lowest BCUT2D eigenvalue weighted by Crippen LogP contribution is -2.39. The largest absolute Gasteiger partial charge is 0.207 e. The summed E-state index contributed by atoms with van der Waals surface area (Å²) in [6, 6.07) is 5.11. The van der Waals surface area contributed by atoms with E-state index in [0.717, 1.165) is 24.0 Å². The molecule has 3 atom stereocenters. The van der Waals surface area contributed by atoms with Crippen LogP contribution in [-0.2, 0) is 5.41 Å². The Morgan fingerprint density at radius 1 is 1.26 bits per heavy atom. The molecule has 0 aromatic heterocycles. The molecule has 0 N–H and O–H groups in total. The Kier molecular flexibility index (Phi) is 4.25. The van der Waals surface area contributed by atoms with Crippen molar-refractivity contribution in [3.05, 3.63) is 35.1 Å². The van der Waals surface area contributed by atoms with Crippen LogP contribution >= 0.6 is 11.6 Å². The van der Waals surface area contributed by atoms with Gasteiger partial charge in [0.2, 0.25) is 0 Å². The maximum Gasteiger partial charge on any atom is 0.123 e. The lowest BCUT2D eigenvalue weighted by Gasteiger charge is -2.42. The van der Waals surface area contributed by atoms with E-state index >= 15 is 0 Å². The minimum Gasteiger partial charge on any atom is -0.207 e. The van der Waals surface area contributed by atoms with Crippen LogP contribution in [0.25, 0.3) is 0 Å². The number of hydrogen-bond donors (Lipinski definition) is 0. The van der Waals surface area contributed by atoms with E-state index in [4.69, 9.17) is 11.6 Å². The second-order valence-electron chi connectivity index (χ2n) is 6.72. The second-order valence-corrected chi connectivity index (χ2v) is 7.28. The first-order valence-electron chi connectivity index (χ1n) is 7.23. The van der Waals surface area contributed by atoms with Crippen LogP contribution in [0.5, 0.6) is 0 Å². The smallest absolute Gasteiger partial charge is 0.123 e. The average molecular weight is 283 g/mol. The van der Waals surface area contributed by atoms with Gasteiger partial charge >= 0.3 is 0 Å². The van der Waals surface area contributed by atoms with Gasteiger partial charge in [-0.3, -0.25) is 0 Å². The van der Waals surface area contributed by atoms with Crippen LogP contribution in [0, 0.1) is 24.6 Å². The average Bonchev–Trinajstić information content (AvgIpc) is 2.31. The highest BCUT2D eigenvalue weighted by Crippen LogP contribution is 2.45. The van der Waals surface area contributed by atoms with Crippen LogP contribution in [0.3, 0.4) is 0 Å². The van der Waals surface area contributed by atoms with E-state index in [1.165, 1.54) is 12.5 Å². The van der Waals surface area contributed by atoms with Crippen molar-refractivity contribution in [2.24, 2.45) is 11.8 Å². The summed E-state index contributed by atoms with van der Waals surface area (Å²) in [5.74, 6) is 0.984. The number of halogens is 2. The third kappa shape index (κ3) is 2.97. The SMILES string of the molecule is Cc1ccc(F)cc1C(C)(C)C1CCC(C)CC1Cl. The van der Waals surface area contributed by atoms with Crippen LogP contribution in [0.2, 0.25) is 0 Å². The number of hydrogen-bond acceptors (Lipinski definition) is 0. The van der Waals surface area contributed by atoms with E-state index in [0.29, 0.717) is 11.8 Å². The summed E-state index contributed by atoms with van der Waals surface area (Å²) in [6.45, 7) is 8.76. The highest BCUT2D eigenvalue weighted by molar-refractivity contribution is 6.20. The summed E-state index contributed by atoms with van der Waals surface area (Å²) < 4.78 is 13.6. The second kappa shape index (κ2) is 5.44. The summed E-state index contributed by atoms with van der Waals surface area (Å²) >= 11 is 6.61. The Labute approximate surface area is 121 Å². The molecule has 1 aliphatic rings. The van der Waals surface area contributed by atoms with Gasteiger partial charge in [-0.1, -0.05) is 33.3 Å². The minimum atomic E-state index is -0.149. The molecule has 0 radical (unpaired) electrons. The Morgan fingerprint density at radius 2 is 1.95 bits per heavy atom. The third-order valence-corrected chi connectivity index (χ3v) is 5.34. The first kappa shape index (κ1) is 14.8. The van der Waals surface area contributed by atoms with Gasteiger partial charge in [0.1, 0.15) is 5.82 Å². The van der Waals surface area contributed by atoms with Crippen molar-refractivity contribution in [1.82, 2.24) is 0 Å². The van der Waals surface area contributed by atoms with Gasteiger partial charge in [-0.25, -0.2) is 4.39 Å². The van der Waals surface area contributed by atoms with Crippen molar-refractivity contribution >= 4 is 11.6 Å². The molecule has 0 nitrogen and oxygen atoms in total. The molecule has 19 heavy (non-hydrogen) atoms. The number of alkyl halides is 1. The van der Waals surface area contributed by atoms with E-state index < -0.39 is 0 Å². The highest BCUT2D eigenvalue weighted by Gasteiger charge is 2.39. The molecule has 2 heteroatoms. The molecule has 1 aliphatic carbocycles. The first-order valence-corrected chi connectivity index (χ1v) is 7.66. The Bertz CT molecular complexity index is 453. The van der Waals surface area contributed by atoms with Crippen LogP contribution in [0.1, 0.15) is 51.2 Å². The van der Waals surface area contributed by atoms with Crippen molar-refractivity contribution in [2.75, 3.05) is 0 Å². The van der Waals surface area contributed by atoms with E-state index in [2.05, 4.69) is 27.7 Å². The standard InChI is InChI=1S/C17H24ClF/c1-11-5-8-14(16(18)9-11)17(3,4)15-10-13(19)7-6-12(15)2/h6-7,10-11,14,16H,5,8-9H2,1-4H3. The lowest BCUT2D eigenvalue weighted by molar-refractivity contribution is 0.206. The Balaban J connectivity index is 2.33. The lowest BCUT2D eigenvalue weighted by atomic mass is 9.65. The highest BCUT2D eigenvalue weighted by atomic mass is 35.5. The molecular weight excluding hydrogens is 259 g/mol. The van der Waals surface area contributed by atoms with Gasteiger partial charge < -0.3 is 0 Å². The molecule has 1 fully saturated rings. The zero-order valence-corrected chi connectivity index (χ0v) is 13.1. The monoisotopic (exact) mass is 282 g/mol. The molecule has 1 saturated carbocycles.